The lowest BCUT2D eigenvalue weighted by Gasteiger charge is -2.10. The zero-order valence-corrected chi connectivity index (χ0v) is 17.7. The molecule has 0 saturated carbocycles. The number of hydrogen-bond acceptors (Lipinski definition) is 7. The van der Waals surface area contributed by atoms with Crippen LogP contribution in [0.1, 0.15) is 6.92 Å². The molecule has 2 aromatic heterocycles. The molecule has 0 spiro atoms. The molecule has 34 heavy (non-hydrogen) atoms. The van der Waals surface area contributed by atoms with E-state index in [0.717, 1.165) is 12.1 Å². The molecule has 176 valence electrons. The summed E-state index contributed by atoms with van der Waals surface area (Å²) >= 11 is 0. The predicted molar refractivity (Wildman–Crippen MR) is 111 cm³/mol. The van der Waals surface area contributed by atoms with Gasteiger partial charge in [0.15, 0.2) is 0 Å². The zero-order valence-electron chi connectivity index (χ0n) is 17.7. The normalized spacial score (nSPS) is 11.4. The van der Waals surface area contributed by atoms with E-state index in [4.69, 9.17) is 9.47 Å². The van der Waals surface area contributed by atoms with Crippen LogP contribution in [0.25, 0.3) is 22.6 Å². The van der Waals surface area contributed by atoms with Gasteiger partial charge in [-0.1, -0.05) is 5.21 Å². The van der Waals surface area contributed by atoms with Crippen molar-refractivity contribution < 1.29 is 31.8 Å². The minimum absolute atomic E-state index is 0.0591. The van der Waals surface area contributed by atoms with E-state index < -0.39 is 12.2 Å². The molecule has 12 heteroatoms. The lowest BCUT2D eigenvalue weighted by atomic mass is 10.1. The van der Waals surface area contributed by atoms with Gasteiger partial charge in [0.25, 0.3) is 0 Å². The quantitative estimate of drug-likeness (QED) is 0.323. The fraction of sp³-hybridized carbons (Fsp3) is 0.182. The van der Waals surface area contributed by atoms with Crippen LogP contribution in [0.2, 0.25) is 0 Å². The van der Waals surface area contributed by atoms with E-state index >= 15 is 0 Å². The molecule has 0 fully saturated rings. The molecule has 0 unspecified atom stereocenters. The Bertz CT molecular complexity index is 1240. The highest BCUT2D eigenvalue weighted by Crippen LogP contribution is 2.31. The van der Waals surface area contributed by atoms with Gasteiger partial charge in [0.1, 0.15) is 35.4 Å². The minimum atomic E-state index is -4.79. The highest BCUT2D eigenvalue weighted by Gasteiger charge is 2.31. The Kier molecular flexibility index (Phi) is 6.68. The minimum Gasteiger partial charge on any atom is -0.424 e. The lowest BCUT2D eigenvalue weighted by molar-refractivity contribution is -0.274. The molecule has 0 radical (unpaired) electrons. The molecule has 0 atom stereocenters. The molecule has 8 nitrogen and oxygen atoms in total. The van der Waals surface area contributed by atoms with Crippen LogP contribution in [0.4, 0.5) is 17.6 Å². The van der Waals surface area contributed by atoms with E-state index in [1.165, 1.54) is 35.1 Å². The third-order valence-electron chi connectivity index (χ3n) is 4.41. The molecule has 2 heterocycles. The molecule has 0 aliphatic carbocycles. The molecule has 0 N–H and O–H groups in total. The summed E-state index contributed by atoms with van der Waals surface area (Å²) in [6.45, 7) is 2.37. The van der Waals surface area contributed by atoms with Crippen molar-refractivity contribution in [2.75, 3.05) is 6.61 Å². The highest BCUT2D eigenvalue weighted by molar-refractivity contribution is 5.76. The molecule has 0 aliphatic rings. The Hall–Kier alpha value is -4.06. The number of hydrogen-bond donors (Lipinski definition) is 0. The maximum Gasteiger partial charge on any atom is 0.573 e. The molecule has 0 saturated heterocycles. The molecular weight excluding hydrogens is 458 g/mol. The van der Waals surface area contributed by atoms with Crippen molar-refractivity contribution in [3.05, 3.63) is 66.6 Å². The summed E-state index contributed by atoms with van der Waals surface area (Å²) in [5.41, 5.74) is 1.94. The van der Waals surface area contributed by atoms with Crippen LogP contribution in [-0.2, 0) is 11.5 Å². The second kappa shape index (κ2) is 9.83. The number of alkyl halides is 3. The molecule has 0 aliphatic heterocycles. The maximum atomic E-state index is 13.4. The standard InChI is InChI=1S/C22H17F4N5O3/c1-2-32-13-31-20(19(29-30-31)14-3-5-15(23)6-4-14)18-11-12-27-21(28-18)33-16-7-9-17(10-8-16)34-22(24,25)26/h3-12H,2,13H2,1H3. The van der Waals surface area contributed by atoms with Crippen LogP contribution in [-0.4, -0.2) is 37.9 Å². The number of rotatable bonds is 8. The van der Waals surface area contributed by atoms with Crippen molar-refractivity contribution in [1.29, 1.82) is 0 Å². The molecule has 4 rings (SSSR count). The van der Waals surface area contributed by atoms with E-state index in [0.29, 0.717) is 29.3 Å². The summed E-state index contributed by atoms with van der Waals surface area (Å²) in [6.07, 6.45) is -3.34. The van der Waals surface area contributed by atoms with E-state index in [1.807, 2.05) is 6.92 Å². The highest BCUT2D eigenvalue weighted by atomic mass is 19.4. The number of ether oxygens (including phenoxy) is 3. The largest absolute Gasteiger partial charge is 0.573 e. The fourth-order valence-electron chi connectivity index (χ4n) is 2.97. The number of benzene rings is 2. The lowest BCUT2D eigenvalue weighted by Crippen LogP contribution is -2.16. The summed E-state index contributed by atoms with van der Waals surface area (Å²) in [7, 11) is 0. The van der Waals surface area contributed by atoms with E-state index in [9.17, 15) is 17.6 Å². The molecule has 0 amide bonds. The van der Waals surface area contributed by atoms with Crippen LogP contribution in [0.3, 0.4) is 0 Å². The summed E-state index contributed by atoms with van der Waals surface area (Å²) < 4.78 is 66.8. The fourth-order valence-corrected chi connectivity index (χ4v) is 2.97. The second-order valence-corrected chi connectivity index (χ2v) is 6.76. The molecular formula is C22H17F4N5O3. The van der Waals surface area contributed by atoms with Gasteiger partial charge in [-0.05, 0) is 61.5 Å². The van der Waals surface area contributed by atoms with E-state index in [1.54, 1.807) is 18.2 Å². The van der Waals surface area contributed by atoms with Gasteiger partial charge in [0.2, 0.25) is 0 Å². The average Bonchev–Trinajstić information content (AvgIpc) is 3.22. The van der Waals surface area contributed by atoms with Crippen LogP contribution < -0.4 is 9.47 Å². The van der Waals surface area contributed by atoms with Crippen LogP contribution >= 0.6 is 0 Å². The summed E-state index contributed by atoms with van der Waals surface area (Å²) in [5.74, 6) is -0.577. The van der Waals surface area contributed by atoms with Gasteiger partial charge in [-0.25, -0.2) is 14.1 Å². The van der Waals surface area contributed by atoms with Gasteiger partial charge < -0.3 is 14.2 Å². The topological polar surface area (TPSA) is 84.2 Å². The first-order chi connectivity index (χ1) is 16.3. The Labute approximate surface area is 190 Å². The zero-order chi connectivity index (χ0) is 24.1. The van der Waals surface area contributed by atoms with Crippen molar-refractivity contribution in [2.45, 2.75) is 20.0 Å². The van der Waals surface area contributed by atoms with Crippen molar-refractivity contribution in [3.8, 4) is 40.2 Å². The van der Waals surface area contributed by atoms with Crippen LogP contribution in [0.5, 0.6) is 17.5 Å². The van der Waals surface area contributed by atoms with Crippen molar-refractivity contribution in [3.63, 3.8) is 0 Å². The summed E-state index contributed by atoms with van der Waals surface area (Å²) in [5, 5.41) is 8.32. The van der Waals surface area contributed by atoms with Crippen molar-refractivity contribution in [2.24, 2.45) is 0 Å². The first-order valence-electron chi connectivity index (χ1n) is 9.96. The van der Waals surface area contributed by atoms with Crippen molar-refractivity contribution >= 4 is 0 Å². The Morgan fingerprint density at radius 3 is 2.32 bits per heavy atom. The number of halogens is 4. The van der Waals surface area contributed by atoms with Crippen LogP contribution in [0.15, 0.2) is 60.8 Å². The molecule has 0 bridgehead atoms. The Morgan fingerprint density at radius 1 is 0.941 bits per heavy atom. The number of aromatic nitrogens is 5. The Morgan fingerprint density at radius 2 is 1.65 bits per heavy atom. The third kappa shape index (κ3) is 5.64. The van der Waals surface area contributed by atoms with Gasteiger partial charge in [0.05, 0.1) is 5.69 Å². The monoisotopic (exact) mass is 475 g/mol. The third-order valence-corrected chi connectivity index (χ3v) is 4.41. The van der Waals surface area contributed by atoms with Gasteiger partial charge in [-0.15, -0.1) is 18.3 Å². The predicted octanol–water partition coefficient (Wildman–Crippen LogP) is 5.23. The van der Waals surface area contributed by atoms with Gasteiger partial charge in [-0.3, -0.25) is 0 Å². The average molecular weight is 475 g/mol. The number of nitrogens with zero attached hydrogens (tertiary/aromatic N) is 5. The van der Waals surface area contributed by atoms with E-state index in [-0.39, 0.29) is 24.2 Å². The van der Waals surface area contributed by atoms with Crippen molar-refractivity contribution in [1.82, 2.24) is 25.0 Å². The SMILES string of the molecule is CCOCn1nnc(-c2ccc(F)cc2)c1-c1ccnc(Oc2ccc(OC(F)(F)F)cc2)n1. The Balaban J connectivity index is 1.64. The first kappa shape index (κ1) is 23.1. The summed E-state index contributed by atoms with van der Waals surface area (Å²) in [6, 6.07) is 12.1. The second-order valence-electron chi connectivity index (χ2n) is 6.76. The first-order valence-corrected chi connectivity index (χ1v) is 9.96. The van der Waals surface area contributed by atoms with Gasteiger partial charge in [-0.2, -0.15) is 4.98 Å². The maximum absolute atomic E-state index is 13.4. The van der Waals surface area contributed by atoms with E-state index in [2.05, 4.69) is 25.0 Å². The van der Waals surface area contributed by atoms with Gasteiger partial charge in [0, 0.05) is 18.4 Å². The van der Waals surface area contributed by atoms with Gasteiger partial charge >= 0.3 is 12.4 Å². The van der Waals surface area contributed by atoms with Crippen LogP contribution in [0, 0.1) is 5.82 Å². The molecule has 2 aromatic carbocycles. The summed E-state index contributed by atoms with van der Waals surface area (Å²) in [4.78, 5) is 8.45. The molecule has 4 aromatic rings. The smallest absolute Gasteiger partial charge is 0.424 e.